The maximum absolute atomic E-state index is 13.9. The third-order valence-corrected chi connectivity index (χ3v) is 4.49. The van der Waals surface area contributed by atoms with Crippen LogP contribution >= 0.6 is 0 Å². The van der Waals surface area contributed by atoms with Crippen molar-refractivity contribution in [2.45, 2.75) is 36.6 Å². The zero-order chi connectivity index (χ0) is 14.0. The number of halogens is 2. The number of hydrogen-bond acceptors (Lipinski definition) is 3. The van der Waals surface area contributed by atoms with Gasteiger partial charge >= 0.3 is 0 Å². The van der Waals surface area contributed by atoms with Crippen molar-refractivity contribution in [1.29, 1.82) is 0 Å². The van der Waals surface area contributed by atoms with Crippen LogP contribution in [0.25, 0.3) is 0 Å². The van der Waals surface area contributed by atoms with Gasteiger partial charge in [0, 0.05) is 12.3 Å². The van der Waals surface area contributed by atoms with Crippen molar-refractivity contribution in [2.75, 3.05) is 12.8 Å². The van der Waals surface area contributed by atoms with Crippen molar-refractivity contribution < 1.29 is 17.2 Å². The third kappa shape index (κ3) is 3.51. The van der Waals surface area contributed by atoms with E-state index in [-0.39, 0.29) is 11.6 Å². The monoisotopic (exact) mass is 289 g/mol. The standard InChI is InChI=1S/C13H17F2NO2S/c1-19(17,18)13-8-11(14)9(7-12(13)15)6-10-4-2-3-5-16-10/h7-8,10,16H,2-6H2,1H3. The summed E-state index contributed by atoms with van der Waals surface area (Å²) in [5.74, 6) is -1.54. The molecule has 19 heavy (non-hydrogen) atoms. The summed E-state index contributed by atoms with van der Waals surface area (Å²) in [4.78, 5) is -0.578. The van der Waals surface area contributed by atoms with Crippen LogP contribution in [0.15, 0.2) is 17.0 Å². The molecule has 1 aromatic carbocycles. The van der Waals surface area contributed by atoms with Gasteiger partial charge in [0.05, 0.1) is 0 Å². The number of nitrogens with one attached hydrogen (secondary N) is 1. The van der Waals surface area contributed by atoms with E-state index in [4.69, 9.17) is 0 Å². The highest BCUT2D eigenvalue weighted by Gasteiger charge is 2.20. The Hall–Kier alpha value is -1.01. The Morgan fingerprint density at radius 1 is 1.26 bits per heavy atom. The smallest absolute Gasteiger partial charge is 0.178 e. The van der Waals surface area contributed by atoms with Crippen LogP contribution in [0.3, 0.4) is 0 Å². The zero-order valence-electron chi connectivity index (χ0n) is 10.7. The highest BCUT2D eigenvalue weighted by atomic mass is 32.2. The quantitative estimate of drug-likeness (QED) is 0.926. The average molecular weight is 289 g/mol. The van der Waals surface area contributed by atoms with E-state index in [0.717, 1.165) is 44.2 Å². The predicted octanol–water partition coefficient (Wildman–Crippen LogP) is 2.05. The molecule has 1 aliphatic rings. The van der Waals surface area contributed by atoms with E-state index < -0.39 is 26.4 Å². The fourth-order valence-electron chi connectivity index (χ4n) is 2.37. The minimum absolute atomic E-state index is 0.131. The Kier molecular flexibility index (Phi) is 4.20. The van der Waals surface area contributed by atoms with Gasteiger partial charge in [-0.2, -0.15) is 0 Å². The summed E-state index contributed by atoms with van der Waals surface area (Å²) in [7, 11) is -3.74. The number of benzene rings is 1. The molecule has 0 radical (unpaired) electrons. The van der Waals surface area contributed by atoms with E-state index in [1.165, 1.54) is 0 Å². The Morgan fingerprint density at radius 3 is 2.58 bits per heavy atom. The van der Waals surface area contributed by atoms with Crippen LogP contribution in [-0.4, -0.2) is 27.3 Å². The van der Waals surface area contributed by atoms with Crippen LogP contribution in [0.4, 0.5) is 8.78 Å². The SMILES string of the molecule is CS(=O)(=O)c1cc(F)c(CC2CCCCN2)cc1F. The van der Waals surface area contributed by atoms with Gasteiger partial charge in [0.2, 0.25) is 0 Å². The van der Waals surface area contributed by atoms with Gasteiger partial charge in [0.25, 0.3) is 0 Å². The van der Waals surface area contributed by atoms with E-state index in [9.17, 15) is 17.2 Å². The first kappa shape index (κ1) is 14.4. The molecule has 1 fully saturated rings. The summed E-state index contributed by atoms with van der Waals surface area (Å²) in [6, 6.07) is 1.91. The van der Waals surface area contributed by atoms with E-state index >= 15 is 0 Å². The Bertz CT molecular complexity index is 566. The van der Waals surface area contributed by atoms with Crippen LogP contribution in [0.5, 0.6) is 0 Å². The molecule has 0 amide bonds. The Labute approximate surface area is 111 Å². The minimum Gasteiger partial charge on any atom is -0.314 e. The molecule has 3 nitrogen and oxygen atoms in total. The second kappa shape index (κ2) is 5.54. The molecule has 1 atom stereocenters. The molecule has 1 heterocycles. The number of hydrogen-bond donors (Lipinski definition) is 1. The maximum Gasteiger partial charge on any atom is 0.178 e. The normalized spacial score (nSPS) is 20.5. The molecular weight excluding hydrogens is 272 g/mol. The fraction of sp³-hybridized carbons (Fsp3) is 0.538. The second-order valence-electron chi connectivity index (χ2n) is 5.00. The molecule has 0 aromatic heterocycles. The maximum atomic E-state index is 13.9. The third-order valence-electron chi connectivity index (χ3n) is 3.38. The molecule has 1 aromatic rings. The first-order chi connectivity index (χ1) is 8.88. The number of sulfone groups is 1. The van der Waals surface area contributed by atoms with E-state index in [2.05, 4.69) is 5.32 Å². The average Bonchev–Trinajstić information content (AvgIpc) is 2.33. The molecule has 1 unspecified atom stereocenters. The molecule has 2 rings (SSSR count). The van der Waals surface area contributed by atoms with Crippen LogP contribution in [0.1, 0.15) is 24.8 Å². The number of piperidine rings is 1. The van der Waals surface area contributed by atoms with Gasteiger partial charge in [0.1, 0.15) is 16.5 Å². The van der Waals surface area contributed by atoms with Gasteiger partial charge in [-0.15, -0.1) is 0 Å². The van der Waals surface area contributed by atoms with Crippen molar-refractivity contribution >= 4 is 9.84 Å². The molecule has 1 saturated heterocycles. The lowest BCUT2D eigenvalue weighted by Gasteiger charge is -2.23. The molecule has 106 valence electrons. The molecule has 0 aliphatic carbocycles. The summed E-state index contributed by atoms with van der Waals surface area (Å²) in [6.45, 7) is 0.885. The molecule has 1 N–H and O–H groups in total. The highest BCUT2D eigenvalue weighted by Crippen LogP contribution is 2.22. The molecule has 0 saturated carbocycles. The predicted molar refractivity (Wildman–Crippen MR) is 68.8 cm³/mol. The van der Waals surface area contributed by atoms with E-state index in [1.807, 2.05) is 0 Å². The van der Waals surface area contributed by atoms with Crippen LogP contribution in [-0.2, 0) is 16.3 Å². The summed E-state index contributed by atoms with van der Waals surface area (Å²) in [6.07, 6.45) is 4.35. The van der Waals surface area contributed by atoms with Crippen molar-refractivity contribution in [3.8, 4) is 0 Å². The molecule has 0 bridgehead atoms. The summed E-state index contributed by atoms with van der Waals surface area (Å²) < 4.78 is 50.1. The number of rotatable bonds is 3. The Morgan fingerprint density at radius 2 is 2.00 bits per heavy atom. The molecule has 1 aliphatic heterocycles. The molecular formula is C13H17F2NO2S. The first-order valence-electron chi connectivity index (χ1n) is 6.29. The van der Waals surface area contributed by atoms with Crippen molar-refractivity contribution in [3.05, 3.63) is 29.3 Å². The van der Waals surface area contributed by atoms with Crippen molar-refractivity contribution in [3.63, 3.8) is 0 Å². The second-order valence-corrected chi connectivity index (χ2v) is 6.98. The van der Waals surface area contributed by atoms with Gasteiger partial charge in [-0.25, -0.2) is 17.2 Å². The van der Waals surface area contributed by atoms with Gasteiger partial charge in [-0.1, -0.05) is 6.42 Å². The minimum atomic E-state index is -3.74. The largest absolute Gasteiger partial charge is 0.314 e. The Balaban J connectivity index is 2.25. The first-order valence-corrected chi connectivity index (χ1v) is 8.18. The lowest BCUT2D eigenvalue weighted by Crippen LogP contribution is -2.35. The fourth-order valence-corrected chi connectivity index (χ4v) is 3.10. The van der Waals surface area contributed by atoms with E-state index in [0.29, 0.717) is 6.42 Å². The summed E-state index contributed by atoms with van der Waals surface area (Å²) >= 11 is 0. The van der Waals surface area contributed by atoms with Crippen LogP contribution in [0.2, 0.25) is 0 Å². The van der Waals surface area contributed by atoms with Gasteiger partial charge in [-0.05, 0) is 43.5 Å². The van der Waals surface area contributed by atoms with Crippen LogP contribution < -0.4 is 5.32 Å². The van der Waals surface area contributed by atoms with Crippen molar-refractivity contribution in [2.24, 2.45) is 0 Å². The van der Waals surface area contributed by atoms with Gasteiger partial charge in [0.15, 0.2) is 9.84 Å². The zero-order valence-corrected chi connectivity index (χ0v) is 11.6. The lowest BCUT2D eigenvalue weighted by atomic mass is 9.97. The lowest BCUT2D eigenvalue weighted by molar-refractivity contribution is 0.394. The van der Waals surface area contributed by atoms with Gasteiger partial charge in [-0.3, -0.25) is 0 Å². The summed E-state index contributed by atoms with van der Waals surface area (Å²) in [5.41, 5.74) is 0.226. The van der Waals surface area contributed by atoms with E-state index in [1.54, 1.807) is 0 Å². The topological polar surface area (TPSA) is 46.2 Å². The summed E-state index contributed by atoms with van der Waals surface area (Å²) in [5, 5.41) is 3.25. The molecule has 0 spiro atoms. The molecule has 6 heteroatoms. The highest BCUT2D eigenvalue weighted by molar-refractivity contribution is 7.90. The van der Waals surface area contributed by atoms with Crippen molar-refractivity contribution in [1.82, 2.24) is 5.32 Å². The van der Waals surface area contributed by atoms with Crippen LogP contribution in [0, 0.1) is 11.6 Å². The van der Waals surface area contributed by atoms with Gasteiger partial charge < -0.3 is 5.32 Å².